The number of rotatable bonds is 5. The van der Waals surface area contributed by atoms with Gasteiger partial charge in [0, 0.05) is 17.1 Å². The zero-order valence-corrected chi connectivity index (χ0v) is 10.4. The summed E-state index contributed by atoms with van der Waals surface area (Å²) in [5.41, 5.74) is 1.74. The summed E-state index contributed by atoms with van der Waals surface area (Å²) in [5.74, 6) is -0.310. The normalized spacial score (nSPS) is 12.2. The number of halogens is 1. The highest BCUT2D eigenvalue weighted by Crippen LogP contribution is 2.35. The van der Waals surface area contributed by atoms with Gasteiger partial charge in [-0.05, 0) is 36.6 Å². The Morgan fingerprint density at radius 1 is 1.39 bits per heavy atom. The number of nitrogens with one attached hydrogen (secondary N) is 1. The number of aromatic amines is 1. The first-order valence-electron chi connectivity index (χ1n) is 5.41. The molecule has 0 saturated heterocycles. The van der Waals surface area contributed by atoms with Crippen LogP contribution >= 0.6 is 7.82 Å². The molecule has 3 N–H and O–H groups in total. The van der Waals surface area contributed by atoms with E-state index >= 15 is 0 Å². The van der Waals surface area contributed by atoms with Crippen molar-refractivity contribution in [3.63, 3.8) is 0 Å². The molecule has 98 valence electrons. The van der Waals surface area contributed by atoms with Crippen molar-refractivity contribution in [1.29, 1.82) is 0 Å². The fourth-order valence-corrected chi connectivity index (χ4v) is 2.17. The van der Waals surface area contributed by atoms with Crippen LogP contribution in [-0.2, 0) is 15.5 Å². The van der Waals surface area contributed by atoms with Gasteiger partial charge in [-0.1, -0.05) is 0 Å². The lowest BCUT2D eigenvalue weighted by molar-refractivity contribution is 0.195. The van der Waals surface area contributed by atoms with Gasteiger partial charge in [0.2, 0.25) is 0 Å². The molecular weight excluding hydrogens is 260 g/mol. The molecule has 1 heterocycles. The maximum absolute atomic E-state index is 13.1. The van der Waals surface area contributed by atoms with Crippen LogP contribution in [0, 0.1) is 5.82 Å². The molecule has 0 aliphatic rings. The number of fused-ring (bicyclic) bond motifs is 1. The molecule has 0 bridgehead atoms. The summed E-state index contributed by atoms with van der Waals surface area (Å²) >= 11 is 0. The Kier molecular flexibility index (Phi) is 3.82. The molecule has 5 nitrogen and oxygen atoms in total. The number of aryl methyl sites for hydroxylation is 1. The van der Waals surface area contributed by atoms with Crippen molar-refractivity contribution in [2.45, 2.75) is 12.8 Å². The van der Waals surface area contributed by atoms with Crippen molar-refractivity contribution < 1.29 is 23.3 Å². The highest BCUT2D eigenvalue weighted by Gasteiger charge is 2.13. The smallest absolute Gasteiger partial charge is 0.361 e. The molecule has 0 aliphatic heterocycles. The molecule has 1 aromatic heterocycles. The van der Waals surface area contributed by atoms with Crippen molar-refractivity contribution in [2.24, 2.45) is 0 Å². The Morgan fingerprint density at radius 2 is 2.17 bits per heavy atom. The van der Waals surface area contributed by atoms with E-state index in [1.807, 2.05) is 0 Å². The SMILES string of the molecule is O=P(O)(O)OCCCc1c[nH]c2ccc(F)cc12. The molecule has 0 unspecified atom stereocenters. The minimum absolute atomic E-state index is 0.0354. The second kappa shape index (κ2) is 5.20. The third-order valence-corrected chi connectivity index (χ3v) is 3.10. The van der Waals surface area contributed by atoms with E-state index in [0.717, 1.165) is 16.5 Å². The van der Waals surface area contributed by atoms with Crippen LogP contribution in [0.1, 0.15) is 12.0 Å². The Balaban J connectivity index is 2.00. The Morgan fingerprint density at radius 3 is 2.89 bits per heavy atom. The summed E-state index contributed by atoms with van der Waals surface area (Å²) in [5, 5.41) is 0.783. The lowest BCUT2D eigenvalue weighted by atomic mass is 10.1. The van der Waals surface area contributed by atoms with E-state index in [2.05, 4.69) is 9.51 Å². The van der Waals surface area contributed by atoms with E-state index in [1.165, 1.54) is 12.1 Å². The second-order valence-electron chi connectivity index (χ2n) is 3.93. The molecule has 0 amide bonds. The number of hydrogen-bond donors (Lipinski definition) is 3. The molecule has 0 atom stereocenters. The van der Waals surface area contributed by atoms with E-state index in [0.29, 0.717) is 12.8 Å². The van der Waals surface area contributed by atoms with E-state index in [9.17, 15) is 8.96 Å². The molecule has 0 spiro atoms. The van der Waals surface area contributed by atoms with Gasteiger partial charge in [-0.2, -0.15) is 0 Å². The third kappa shape index (κ3) is 3.40. The van der Waals surface area contributed by atoms with Crippen LogP contribution in [-0.4, -0.2) is 21.4 Å². The van der Waals surface area contributed by atoms with Crippen LogP contribution in [0.25, 0.3) is 10.9 Å². The fourth-order valence-electron chi connectivity index (χ4n) is 1.80. The quantitative estimate of drug-likeness (QED) is 0.577. The van der Waals surface area contributed by atoms with Crippen LogP contribution in [0.3, 0.4) is 0 Å². The summed E-state index contributed by atoms with van der Waals surface area (Å²) in [6.07, 6.45) is 2.78. The molecule has 18 heavy (non-hydrogen) atoms. The number of phosphoric ester groups is 1. The average molecular weight is 273 g/mol. The van der Waals surface area contributed by atoms with E-state index in [4.69, 9.17) is 9.79 Å². The second-order valence-corrected chi connectivity index (χ2v) is 5.17. The van der Waals surface area contributed by atoms with Crippen molar-refractivity contribution in [3.8, 4) is 0 Å². The highest BCUT2D eigenvalue weighted by atomic mass is 31.2. The zero-order chi connectivity index (χ0) is 13.2. The average Bonchev–Trinajstić information content (AvgIpc) is 2.66. The molecule has 0 saturated carbocycles. The Hall–Kier alpha value is -1.20. The van der Waals surface area contributed by atoms with Crippen molar-refractivity contribution in [2.75, 3.05) is 6.61 Å². The predicted octanol–water partition coefficient (Wildman–Crippen LogP) is 2.35. The Labute approximate surface area is 103 Å². The molecule has 0 aliphatic carbocycles. The van der Waals surface area contributed by atoms with Gasteiger partial charge in [-0.25, -0.2) is 8.96 Å². The van der Waals surface area contributed by atoms with Crippen molar-refractivity contribution in [3.05, 3.63) is 35.8 Å². The maximum atomic E-state index is 13.1. The minimum atomic E-state index is -4.40. The molecule has 7 heteroatoms. The molecule has 0 radical (unpaired) electrons. The van der Waals surface area contributed by atoms with Gasteiger partial charge in [0.25, 0.3) is 0 Å². The van der Waals surface area contributed by atoms with Gasteiger partial charge in [0.1, 0.15) is 5.82 Å². The van der Waals surface area contributed by atoms with Crippen LogP contribution in [0.15, 0.2) is 24.4 Å². The first-order chi connectivity index (χ1) is 8.46. The number of hydrogen-bond acceptors (Lipinski definition) is 2. The lowest BCUT2D eigenvalue weighted by Gasteiger charge is -2.04. The highest BCUT2D eigenvalue weighted by molar-refractivity contribution is 7.46. The topological polar surface area (TPSA) is 82.6 Å². The zero-order valence-electron chi connectivity index (χ0n) is 9.47. The first-order valence-corrected chi connectivity index (χ1v) is 6.94. The number of H-pyrrole nitrogens is 1. The lowest BCUT2D eigenvalue weighted by Crippen LogP contribution is -1.94. The van der Waals surface area contributed by atoms with Gasteiger partial charge >= 0.3 is 7.82 Å². The third-order valence-electron chi connectivity index (χ3n) is 2.58. The largest absolute Gasteiger partial charge is 0.469 e. The number of phosphoric acid groups is 1. The molecular formula is C11H13FNO4P. The van der Waals surface area contributed by atoms with Gasteiger partial charge in [-0.15, -0.1) is 0 Å². The molecule has 2 rings (SSSR count). The monoisotopic (exact) mass is 273 g/mol. The molecule has 2 aromatic rings. The van der Waals surface area contributed by atoms with Crippen molar-refractivity contribution >= 4 is 18.7 Å². The summed E-state index contributed by atoms with van der Waals surface area (Å²) in [6.45, 7) is -0.0354. The molecule has 1 aromatic carbocycles. The van der Waals surface area contributed by atoms with Crippen LogP contribution in [0.4, 0.5) is 4.39 Å². The van der Waals surface area contributed by atoms with Crippen molar-refractivity contribution in [1.82, 2.24) is 4.98 Å². The summed E-state index contributed by atoms with van der Waals surface area (Å²) in [4.78, 5) is 20.0. The Bertz CT molecular complexity index is 592. The van der Waals surface area contributed by atoms with E-state index < -0.39 is 7.82 Å². The number of benzene rings is 1. The first kappa shape index (κ1) is 13.2. The number of aromatic nitrogens is 1. The minimum Gasteiger partial charge on any atom is -0.361 e. The summed E-state index contributed by atoms with van der Waals surface area (Å²) in [6, 6.07) is 4.46. The van der Waals surface area contributed by atoms with E-state index in [1.54, 1.807) is 12.3 Å². The van der Waals surface area contributed by atoms with Gasteiger partial charge in [0.15, 0.2) is 0 Å². The standard InChI is InChI=1S/C11H13FNO4P/c12-9-3-4-11-10(6-9)8(7-13-11)2-1-5-17-18(14,15)16/h3-4,6-7,13H,1-2,5H2,(H2,14,15,16). The predicted molar refractivity (Wildman–Crippen MR) is 64.6 cm³/mol. The van der Waals surface area contributed by atoms with Crippen LogP contribution in [0.2, 0.25) is 0 Å². The summed E-state index contributed by atoms with van der Waals surface area (Å²) < 4.78 is 27.9. The van der Waals surface area contributed by atoms with Gasteiger partial charge in [-0.3, -0.25) is 4.52 Å². The molecule has 0 fully saturated rings. The van der Waals surface area contributed by atoms with Crippen LogP contribution < -0.4 is 0 Å². The van der Waals surface area contributed by atoms with Gasteiger partial charge in [0.05, 0.1) is 6.61 Å². The van der Waals surface area contributed by atoms with E-state index in [-0.39, 0.29) is 12.4 Å². The van der Waals surface area contributed by atoms with Crippen LogP contribution in [0.5, 0.6) is 0 Å². The van der Waals surface area contributed by atoms with Gasteiger partial charge < -0.3 is 14.8 Å². The fraction of sp³-hybridized carbons (Fsp3) is 0.273. The summed E-state index contributed by atoms with van der Waals surface area (Å²) in [7, 11) is -4.40. The maximum Gasteiger partial charge on any atom is 0.469 e.